The van der Waals surface area contributed by atoms with Gasteiger partial charge in [0.1, 0.15) is 0 Å². The maximum absolute atomic E-state index is 12.6. The van der Waals surface area contributed by atoms with Crippen molar-refractivity contribution in [3.05, 3.63) is 0 Å². The van der Waals surface area contributed by atoms with Gasteiger partial charge in [-0.25, -0.2) is 4.39 Å². The fourth-order valence-corrected chi connectivity index (χ4v) is 1.16. The molecule has 1 N–H and O–H groups in total. The molecule has 0 aliphatic rings. The average molecular weight is 295 g/mol. The molecule has 0 spiro atoms. The molecule has 0 bridgehead atoms. The van der Waals surface area contributed by atoms with E-state index in [-0.39, 0.29) is 20.3 Å². The van der Waals surface area contributed by atoms with Crippen LogP contribution in [0.25, 0.3) is 0 Å². The summed E-state index contributed by atoms with van der Waals surface area (Å²) in [5.41, 5.74) is 0. The van der Waals surface area contributed by atoms with E-state index in [1.165, 1.54) is 0 Å². The van der Waals surface area contributed by atoms with Gasteiger partial charge in [0.25, 0.3) is 0 Å². The number of halogens is 5. The van der Waals surface area contributed by atoms with E-state index in [1.807, 2.05) is 0 Å². The molecule has 0 saturated carbocycles. The van der Waals surface area contributed by atoms with E-state index in [1.54, 1.807) is 0 Å². The second-order valence-corrected chi connectivity index (χ2v) is 4.24. The Balaban J connectivity index is -0.00000112. The first-order valence-corrected chi connectivity index (χ1v) is 5.28. The number of alkyl halides is 5. The number of hydrogen-bond donors (Lipinski definition) is 1. The number of nitrogens with one attached hydrogen (secondary N) is 1. The predicted molar refractivity (Wildman–Crippen MR) is 41.5 cm³/mol. The van der Waals surface area contributed by atoms with Crippen molar-refractivity contribution in [2.24, 2.45) is 0 Å². The predicted octanol–water partition coefficient (Wildman–Crippen LogP) is -2.60. The molecule has 0 aromatic carbocycles. The fraction of sp³-hybridized carbons (Fsp3) is 0.750. The van der Waals surface area contributed by atoms with Gasteiger partial charge in [0.15, 0.2) is 5.04 Å². The molecule has 0 heterocycles. The molecule has 5 nitrogen and oxygen atoms in total. The van der Waals surface area contributed by atoms with E-state index in [0.717, 1.165) is 0 Å². The van der Waals surface area contributed by atoms with Crippen molar-refractivity contribution in [3.63, 3.8) is 0 Å². The van der Waals surface area contributed by atoms with Crippen LogP contribution in [0.2, 0.25) is 0 Å². The molecule has 3 unspecified atom stereocenters. The van der Waals surface area contributed by atoms with E-state index < -0.39 is 44.6 Å². The molecular formula is C4H3F5LiNO4S2-2. The molecule has 98 valence electrons. The molecule has 0 radical (unpaired) electrons. The number of rotatable bonds is 4. The van der Waals surface area contributed by atoms with Crippen molar-refractivity contribution in [1.82, 2.24) is 0 Å². The van der Waals surface area contributed by atoms with Gasteiger partial charge in [0.05, 0.1) is 0 Å². The third-order valence-corrected chi connectivity index (χ3v) is 2.56. The molecule has 17 heavy (non-hydrogen) atoms. The third-order valence-electron chi connectivity index (χ3n) is 1.30. The SMILES string of the molecule is N=C(S(=O)[O-])C(F)(F)C(F)C(F)(F)S(=O)[O-].[H-].[Li+]. The van der Waals surface area contributed by atoms with Crippen LogP contribution < -0.4 is 18.9 Å². The molecule has 3 atom stereocenters. The summed E-state index contributed by atoms with van der Waals surface area (Å²) in [6.45, 7) is 0. The van der Waals surface area contributed by atoms with Crippen LogP contribution >= 0.6 is 0 Å². The van der Waals surface area contributed by atoms with E-state index in [4.69, 9.17) is 5.41 Å². The van der Waals surface area contributed by atoms with Crippen molar-refractivity contribution >= 4 is 27.2 Å². The summed E-state index contributed by atoms with van der Waals surface area (Å²) in [6, 6.07) is 0. The van der Waals surface area contributed by atoms with Crippen molar-refractivity contribution < 1.29 is 59.8 Å². The normalized spacial score (nSPS) is 17.8. The van der Waals surface area contributed by atoms with Crippen molar-refractivity contribution in [2.45, 2.75) is 17.3 Å². The Hall–Kier alpha value is 0.137. The second kappa shape index (κ2) is 6.35. The van der Waals surface area contributed by atoms with Gasteiger partial charge in [-0.2, -0.15) is 17.6 Å². The first-order valence-electron chi connectivity index (χ1n) is 3.13. The van der Waals surface area contributed by atoms with Gasteiger partial charge in [-0.3, -0.25) is 13.8 Å². The minimum Gasteiger partial charge on any atom is -1.00 e. The minimum absolute atomic E-state index is 0. The summed E-state index contributed by atoms with van der Waals surface area (Å²) in [6.07, 6.45) is -4.66. The summed E-state index contributed by atoms with van der Waals surface area (Å²) < 4.78 is 102. The molecule has 0 amide bonds. The Labute approximate surface area is 110 Å². The summed E-state index contributed by atoms with van der Waals surface area (Å²) in [5, 5.41) is -2.01. The Bertz CT molecular complexity index is 358. The summed E-state index contributed by atoms with van der Waals surface area (Å²) in [5.74, 6) is -5.43. The van der Waals surface area contributed by atoms with Crippen LogP contribution in [-0.2, 0) is 22.2 Å². The maximum Gasteiger partial charge on any atom is 1.00 e. The largest absolute Gasteiger partial charge is 1.00 e. The van der Waals surface area contributed by atoms with Gasteiger partial charge in [-0.05, 0) is 11.1 Å². The molecule has 0 aromatic rings. The van der Waals surface area contributed by atoms with Crippen LogP contribution in [0.5, 0.6) is 0 Å². The van der Waals surface area contributed by atoms with E-state index >= 15 is 0 Å². The Kier molecular flexibility index (Phi) is 7.27. The van der Waals surface area contributed by atoms with Crippen LogP contribution in [0, 0.1) is 5.41 Å². The van der Waals surface area contributed by atoms with Gasteiger partial charge in [0.2, 0.25) is 6.17 Å². The van der Waals surface area contributed by atoms with Crippen LogP contribution in [0.15, 0.2) is 0 Å². The van der Waals surface area contributed by atoms with Gasteiger partial charge >= 0.3 is 30.0 Å². The summed E-state index contributed by atoms with van der Waals surface area (Å²) in [7, 11) is 0. The topological polar surface area (TPSA) is 104 Å². The third kappa shape index (κ3) is 4.07. The van der Waals surface area contributed by atoms with Gasteiger partial charge in [0, 0.05) is 11.1 Å². The molecular weight excluding hydrogens is 292 g/mol. The van der Waals surface area contributed by atoms with E-state index in [0.29, 0.717) is 0 Å². The zero-order valence-electron chi connectivity index (χ0n) is 8.92. The molecule has 13 heteroatoms. The standard InChI is InChI=1S/C4H4F5NO4S2.Li.H/c5-1(4(8,9)16(13)14)3(6,7)2(10)15(11)12;;/h1,10H,(H,11,12)(H,13,14);;/q;+1;-1/p-2. The quantitative estimate of drug-likeness (QED) is 0.202. The van der Waals surface area contributed by atoms with Crippen LogP contribution in [0.4, 0.5) is 22.0 Å². The van der Waals surface area contributed by atoms with Crippen molar-refractivity contribution in [1.29, 1.82) is 5.41 Å². The van der Waals surface area contributed by atoms with Crippen molar-refractivity contribution in [3.8, 4) is 0 Å². The molecule has 0 aromatic heterocycles. The fourth-order valence-electron chi connectivity index (χ4n) is 0.522. The molecule has 0 saturated heterocycles. The Morgan fingerprint density at radius 1 is 1.24 bits per heavy atom. The minimum atomic E-state index is -5.50. The van der Waals surface area contributed by atoms with E-state index in [2.05, 4.69) is 0 Å². The number of hydrogen-bond acceptors (Lipinski definition) is 5. The van der Waals surface area contributed by atoms with Gasteiger partial charge in [-0.15, -0.1) is 0 Å². The summed E-state index contributed by atoms with van der Waals surface area (Å²) in [4.78, 5) is 0. The first kappa shape index (κ1) is 19.5. The summed E-state index contributed by atoms with van der Waals surface area (Å²) >= 11 is -8.46. The molecule has 0 fully saturated rings. The van der Waals surface area contributed by atoms with E-state index in [9.17, 15) is 39.5 Å². The monoisotopic (exact) mass is 295 g/mol. The Morgan fingerprint density at radius 2 is 1.59 bits per heavy atom. The maximum atomic E-state index is 12.6. The smallest absolute Gasteiger partial charge is 1.00 e. The van der Waals surface area contributed by atoms with Crippen LogP contribution in [0.1, 0.15) is 1.43 Å². The second-order valence-electron chi connectivity index (χ2n) is 2.35. The van der Waals surface area contributed by atoms with Gasteiger partial charge in [-0.1, -0.05) is 0 Å². The first-order chi connectivity index (χ1) is 6.95. The van der Waals surface area contributed by atoms with Crippen LogP contribution in [0.3, 0.4) is 0 Å². The Morgan fingerprint density at radius 3 is 1.82 bits per heavy atom. The van der Waals surface area contributed by atoms with Gasteiger partial charge < -0.3 is 10.5 Å². The molecule has 0 rings (SSSR count). The van der Waals surface area contributed by atoms with Crippen LogP contribution in [-0.4, -0.2) is 39.9 Å². The molecule has 0 aliphatic carbocycles. The molecule has 0 aliphatic heterocycles. The van der Waals surface area contributed by atoms with Crippen molar-refractivity contribution in [2.75, 3.05) is 0 Å². The average Bonchev–Trinajstić information content (AvgIpc) is 2.14. The zero-order chi connectivity index (χ0) is 13.3. The zero-order valence-corrected chi connectivity index (χ0v) is 9.55.